The van der Waals surface area contributed by atoms with Crippen molar-refractivity contribution >= 4 is 40.9 Å². The highest BCUT2D eigenvalue weighted by Gasteiger charge is 2.53. The summed E-state index contributed by atoms with van der Waals surface area (Å²) in [5, 5.41) is 0.775. The number of carbonyl (C=O) groups is 3. The molecule has 0 unspecified atom stereocenters. The van der Waals surface area contributed by atoms with Gasteiger partial charge in [0.2, 0.25) is 5.78 Å². The third-order valence-corrected chi connectivity index (χ3v) is 7.61. The molecular weight excluding hydrogens is 582 g/mol. The van der Waals surface area contributed by atoms with Gasteiger partial charge in [-0.05, 0) is 61.4 Å². The van der Waals surface area contributed by atoms with Crippen molar-refractivity contribution in [3.63, 3.8) is 0 Å². The van der Waals surface area contributed by atoms with Gasteiger partial charge in [0.25, 0.3) is 5.91 Å². The first-order valence-electron chi connectivity index (χ1n) is 13.1. The fraction of sp³-hybridized carbons (Fsp3) is 0.188. The zero-order chi connectivity index (χ0) is 29.9. The van der Waals surface area contributed by atoms with Crippen molar-refractivity contribution in [1.82, 2.24) is 9.88 Å². The maximum atomic E-state index is 16.0. The molecule has 214 valence electrons. The van der Waals surface area contributed by atoms with E-state index in [1.54, 1.807) is 60.7 Å². The summed E-state index contributed by atoms with van der Waals surface area (Å²) < 4.78 is 27.4. The van der Waals surface area contributed by atoms with Crippen LogP contribution in [0.15, 0.2) is 85.1 Å². The number of ether oxygens (including phenoxy) is 2. The standard InChI is InChI=1S/C32H25Cl2FN2O5/c1-41-32(21-12-14-22(33)15-13-21)29-23(18-20(19-25(29)35)30(39)26-9-4-6-16-36-26)31(40)37(32)17-7-5-11-28(38)42-27-10-3-2-8-24(27)34/h2-4,6,8-10,12-16,18-19H,5,7,11,17H2,1H3/t32-/m1/s1. The number of rotatable bonds is 10. The first-order chi connectivity index (χ1) is 20.3. The first-order valence-corrected chi connectivity index (χ1v) is 13.9. The molecule has 0 radical (unpaired) electrons. The summed E-state index contributed by atoms with van der Waals surface area (Å²) in [6.45, 7) is 0.117. The topological polar surface area (TPSA) is 85.8 Å². The number of carbonyl (C=O) groups excluding carboxylic acids is 3. The fourth-order valence-electron chi connectivity index (χ4n) is 5.12. The Hall–Kier alpha value is -4.11. The first kappa shape index (κ1) is 29.4. The van der Waals surface area contributed by atoms with Crippen LogP contribution in [-0.4, -0.2) is 41.2 Å². The second kappa shape index (κ2) is 12.4. The van der Waals surface area contributed by atoms with Gasteiger partial charge in [0.1, 0.15) is 17.3 Å². The van der Waals surface area contributed by atoms with Crippen molar-refractivity contribution in [2.24, 2.45) is 0 Å². The molecule has 0 fully saturated rings. The average molecular weight is 607 g/mol. The summed E-state index contributed by atoms with van der Waals surface area (Å²) in [4.78, 5) is 44.9. The molecule has 4 aromatic rings. The van der Waals surface area contributed by atoms with Gasteiger partial charge < -0.3 is 14.4 Å². The van der Waals surface area contributed by atoms with E-state index in [2.05, 4.69) is 4.98 Å². The van der Waals surface area contributed by atoms with Crippen LogP contribution < -0.4 is 4.74 Å². The van der Waals surface area contributed by atoms with Gasteiger partial charge >= 0.3 is 5.97 Å². The number of methoxy groups -OCH3 is 1. The van der Waals surface area contributed by atoms with Gasteiger partial charge in [-0.15, -0.1) is 0 Å². The third kappa shape index (κ3) is 5.53. The van der Waals surface area contributed by atoms with Crippen LogP contribution in [0.5, 0.6) is 5.75 Å². The number of pyridine rings is 1. The minimum absolute atomic E-state index is 0.00390. The van der Waals surface area contributed by atoms with Crippen LogP contribution in [0.25, 0.3) is 0 Å². The number of benzene rings is 3. The Morgan fingerprint density at radius 3 is 2.40 bits per heavy atom. The lowest BCUT2D eigenvalue weighted by atomic mass is 9.91. The summed E-state index contributed by atoms with van der Waals surface area (Å²) in [6, 6.07) is 20.5. The molecule has 0 saturated heterocycles. The number of hydrogen-bond donors (Lipinski definition) is 0. The maximum Gasteiger partial charge on any atom is 0.311 e. The minimum Gasteiger partial charge on any atom is -0.425 e. The Morgan fingerprint density at radius 1 is 0.976 bits per heavy atom. The number of hydrogen-bond acceptors (Lipinski definition) is 6. The molecule has 7 nitrogen and oxygen atoms in total. The van der Waals surface area contributed by atoms with E-state index in [9.17, 15) is 14.4 Å². The Labute approximate surface area is 251 Å². The lowest BCUT2D eigenvalue weighted by molar-refractivity contribution is -0.134. The monoisotopic (exact) mass is 606 g/mol. The zero-order valence-corrected chi connectivity index (χ0v) is 24.0. The predicted molar refractivity (Wildman–Crippen MR) is 155 cm³/mol. The Balaban J connectivity index is 1.44. The second-order valence-corrected chi connectivity index (χ2v) is 10.4. The summed E-state index contributed by atoms with van der Waals surface area (Å²) in [7, 11) is 1.39. The Kier molecular flexibility index (Phi) is 8.68. The Morgan fingerprint density at radius 2 is 1.71 bits per heavy atom. The number of para-hydroxylation sites is 1. The van der Waals surface area contributed by atoms with E-state index in [1.165, 1.54) is 30.3 Å². The molecule has 1 atom stereocenters. The Bertz CT molecular complexity index is 1650. The van der Waals surface area contributed by atoms with Gasteiger partial charge in [-0.2, -0.15) is 0 Å². The van der Waals surface area contributed by atoms with Crippen LogP contribution in [-0.2, 0) is 15.3 Å². The molecule has 0 saturated carbocycles. The third-order valence-electron chi connectivity index (χ3n) is 7.05. The lowest BCUT2D eigenvalue weighted by Crippen LogP contribution is -2.47. The van der Waals surface area contributed by atoms with Crippen LogP contribution in [0.1, 0.15) is 56.8 Å². The highest BCUT2D eigenvalue weighted by molar-refractivity contribution is 6.32. The van der Waals surface area contributed by atoms with Crippen molar-refractivity contribution in [3.8, 4) is 5.75 Å². The number of halogens is 3. The number of unbranched alkanes of at least 4 members (excludes halogenated alkanes) is 1. The van der Waals surface area contributed by atoms with Gasteiger partial charge in [0.05, 0.1) is 16.1 Å². The van der Waals surface area contributed by atoms with Crippen LogP contribution in [0.4, 0.5) is 4.39 Å². The molecule has 0 aliphatic carbocycles. The number of aromatic nitrogens is 1. The molecule has 1 amide bonds. The van der Waals surface area contributed by atoms with Crippen molar-refractivity contribution in [1.29, 1.82) is 0 Å². The van der Waals surface area contributed by atoms with E-state index in [0.717, 1.165) is 6.07 Å². The van der Waals surface area contributed by atoms with Crippen LogP contribution in [0, 0.1) is 5.82 Å². The van der Waals surface area contributed by atoms with Gasteiger partial charge in [-0.3, -0.25) is 19.4 Å². The lowest BCUT2D eigenvalue weighted by Gasteiger charge is -2.38. The van der Waals surface area contributed by atoms with Gasteiger partial charge in [0.15, 0.2) is 5.72 Å². The quantitative estimate of drug-likeness (QED) is 0.0850. The van der Waals surface area contributed by atoms with Crippen LogP contribution >= 0.6 is 23.2 Å². The second-order valence-electron chi connectivity index (χ2n) is 9.60. The van der Waals surface area contributed by atoms with Crippen molar-refractivity contribution in [2.75, 3.05) is 13.7 Å². The number of fused-ring (bicyclic) bond motifs is 1. The molecule has 1 aliphatic heterocycles. The average Bonchev–Trinajstić information content (AvgIpc) is 3.25. The highest BCUT2D eigenvalue weighted by atomic mass is 35.5. The fourth-order valence-corrected chi connectivity index (χ4v) is 5.42. The molecule has 0 spiro atoms. The smallest absolute Gasteiger partial charge is 0.311 e. The van der Waals surface area contributed by atoms with E-state index >= 15 is 4.39 Å². The van der Waals surface area contributed by atoms with E-state index < -0.39 is 29.2 Å². The van der Waals surface area contributed by atoms with Gasteiger partial charge in [-0.25, -0.2) is 4.39 Å². The SMILES string of the molecule is CO[C@]1(c2ccc(Cl)cc2)c2c(F)cc(C(=O)c3ccccn3)cc2C(=O)N1CCCCC(=O)Oc1ccccc1Cl. The van der Waals surface area contributed by atoms with Crippen LogP contribution in [0.2, 0.25) is 10.0 Å². The number of nitrogens with zero attached hydrogens (tertiary/aromatic N) is 2. The van der Waals surface area contributed by atoms with Crippen LogP contribution in [0.3, 0.4) is 0 Å². The van der Waals surface area contributed by atoms with Crippen molar-refractivity contribution in [3.05, 3.63) is 129 Å². The molecule has 3 aromatic carbocycles. The highest BCUT2D eigenvalue weighted by Crippen LogP contribution is 2.47. The summed E-state index contributed by atoms with van der Waals surface area (Å²) >= 11 is 12.2. The van der Waals surface area contributed by atoms with Crippen molar-refractivity contribution < 1.29 is 28.2 Å². The normalized spacial score (nSPS) is 15.9. The summed E-state index contributed by atoms with van der Waals surface area (Å²) in [5.41, 5.74) is -1.05. The van der Waals surface area contributed by atoms with Gasteiger partial charge in [0, 0.05) is 42.4 Å². The molecule has 10 heteroatoms. The zero-order valence-electron chi connectivity index (χ0n) is 22.5. The van der Waals surface area contributed by atoms with E-state index in [-0.39, 0.29) is 41.1 Å². The molecule has 0 N–H and O–H groups in total. The summed E-state index contributed by atoms with van der Waals surface area (Å²) in [6.07, 6.45) is 2.27. The van der Waals surface area contributed by atoms with Crippen molar-refractivity contribution in [2.45, 2.75) is 25.0 Å². The number of esters is 1. The summed E-state index contributed by atoms with van der Waals surface area (Å²) in [5.74, 6) is -2.02. The largest absolute Gasteiger partial charge is 0.425 e. The number of amides is 1. The predicted octanol–water partition coefficient (Wildman–Crippen LogP) is 6.84. The molecule has 2 heterocycles. The van der Waals surface area contributed by atoms with E-state index in [1.807, 2.05) is 0 Å². The molecule has 1 aromatic heterocycles. The van der Waals surface area contributed by atoms with E-state index in [4.69, 9.17) is 32.7 Å². The minimum atomic E-state index is -1.63. The molecular formula is C32H25Cl2FN2O5. The molecule has 42 heavy (non-hydrogen) atoms. The van der Waals surface area contributed by atoms with Gasteiger partial charge in [-0.1, -0.05) is 53.5 Å². The number of ketones is 1. The molecule has 0 bridgehead atoms. The molecule has 1 aliphatic rings. The molecule has 5 rings (SSSR count). The van der Waals surface area contributed by atoms with E-state index in [0.29, 0.717) is 28.5 Å². The maximum absolute atomic E-state index is 16.0.